The number of anilines is 1. The fourth-order valence-corrected chi connectivity index (χ4v) is 1.74. The summed E-state index contributed by atoms with van der Waals surface area (Å²) >= 11 is 0. The third-order valence-corrected chi connectivity index (χ3v) is 2.65. The van der Waals surface area contributed by atoms with Gasteiger partial charge in [0.15, 0.2) is 0 Å². The third-order valence-electron chi connectivity index (χ3n) is 2.65. The number of nitrogen functional groups attached to an aromatic ring is 1. The van der Waals surface area contributed by atoms with Crippen molar-refractivity contribution < 1.29 is 13.5 Å². The largest absolute Gasteiger partial charge is 0.496 e. The normalized spacial score (nSPS) is 11.6. The van der Waals surface area contributed by atoms with Crippen LogP contribution in [0, 0.1) is 0 Å². The number of halogens is 2. The quantitative estimate of drug-likeness (QED) is 0.884. The van der Waals surface area contributed by atoms with Gasteiger partial charge in [-0.05, 0) is 17.7 Å². The summed E-state index contributed by atoms with van der Waals surface area (Å²) in [5, 5.41) is 6.33. The number of aromatic amines is 1. The Morgan fingerprint density at radius 2 is 2.11 bits per heavy atom. The van der Waals surface area contributed by atoms with Crippen LogP contribution in [-0.4, -0.2) is 17.3 Å². The molecule has 0 amide bonds. The lowest BCUT2D eigenvalue weighted by Gasteiger charge is -2.16. The lowest BCUT2D eigenvalue weighted by molar-refractivity contribution is 0.0151. The maximum absolute atomic E-state index is 13.5. The summed E-state index contributed by atoms with van der Waals surface area (Å²) in [6.07, 6.45) is 1.49. The van der Waals surface area contributed by atoms with E-state index in [0.717, 1.165) is 6.92 Å². The van der Waals surface area contributed by atoms with Gasteiger partial charge in [-0.15, -0.1) is 0 Å². The van der Waals surface area contributed by atoms with Crippen LogP contribution in [0.3, 0.4) is 0 Å². The minimum atomic E-state index is -2.99. The average Bonchev–Trinajstić information content (AvgIpc) is 2.73. The van der Waals surface area contributed by atoms with Gasteiger partial charge >= 0.3 is 0 Å². The molecule has 18 heavy (non-hydrogen) atoms. The van der Waals surface area contributed by atoms with Crippen molar-refractivity contribution in [2.75, 3.05) is 12.8 Å². The SMILES string of the molecule is COc1ccc(-c2cn[nH]c2N)cc1C(C)(F)F. The molecule has 0 saturated heterocycles. The van der Waals surface area contributed by atoms with E-state index >= 15 is 0 Å². The Morgan fingerprint density at radius 3 is 2.61 bits per heavy atom. The summed E-state index contributed by atoms with van der Waals surface area (Å²) in [4.78, 5) is 0. The van der Waals surface area contributed by atoms with Gasteiger partial charge in [0, 0.05) is 12.5 Å². The summed E-state index contributed by atoms with van der Waals surface area (Å²) in [6, 6.07) is 4.52. The van der Waals surface area contributed by atoms with E-state index in [9.17, 15) is 8.78 Å². The summed E-state index contributed by atoms with van der Waals surface area (Å²) in [5.41, 5.74) is 6.64. The Labute approximate surface area is 103 Å². The van der Waals surface area contributed by atoms with Gasteiger partial charge in [0.05, 0.1) is 18.9 Å². The van der Waals surface area contributed by atoms with E-state index in [4.69, 9.17) is 10.5 Å². The maximum Gasteiger partial charge on any atom is 0.274 e. The molecule has 0 spiro atoms. The van der Waals surface area contributed by atoms with E-state index in [0.29, 0.717) is 16.9 Å². The molecule has 0 aliphatic rings. The van der Waals surface area contributed by atoms with Crippen LogP contribution in [0.25, 0.3) is 11.1 Å². The summed E-state index contributed by atoms with van der Waals surface area (Å²) in [5.74, 6) is -2.50. The van der Waals surface area contributed by atoms with E-state index < -0.39 is 5.92 Å². The van der Waals surface area contributed by atoms with E-state index in [1.807, 2.05) is 0 Å². The molecule has 0 aliphatic carbocycles. The highest BCUT2D eigenvalue weighted by molar-refractivity contribution is 5.74. The second-order valence-corrected chi connectivity index (χ2v) is 4.00. The Hall–Kier alpha value is -2.11. The molecule has 3 N–H and O–H groups in total. The highest BCUT2D eigenvalue weighted by Crippen LogP contribution is 2.37. The lowest BCUT2D eigenvalue weighted by atomic mass is 10.0. The van der Waals surface area contributed by atoms with Gasteiger partial charge in [0.25, 0.3) is 5.92 Å². The Bertz CT molecular complexity index is 561. The smallest absolute Gasteiger partial charge is 0.274 e. The van der Waals surface area contributed by atoms with Gasteiger partial charge in [-0.1, -0.05) is 6.07 Å². The van der Waals surface area contributed by atoms with Crippen molar-refractivity contribution in [2.24, 2.45) is 0 Å². The molecule has 1 aromatic heterocycles. The molecule has 6 heteroatoms. The van der Waals surface area contributed by atoms with Crippen LogP contribution in [0.15, 0.2) is 24.4 Å². The standard InChI is InChI=1S/C12H13F2N3O/c1-12(13,14)9-5-7(3-4-10(9)18-2)8-6-16-17-11(8)15/h3-6H,1-2H3,(H3,15,16,17). The molecular formula is C12H13F2N3O. The number of alkyl halides is 2. The number of ether oxygens (including phenoxy) is 1. The molecular weight excluding hydrogens is 240 g/mol. The number of hydrogen-bond donors (Lipinski definition) is 2. The fraction of sp³-hybridized carbons (Fsp3) is 0.250. The number of hydrogen-bond acceptors (Lipinski definition) is 3. The number of rotatable bonds is 3. The van der Waals surface area contributed by atoms with Gasteiger partial charge in [0.2, 0.25) is 0 Å². The number of nitrogens with one attached hydrogen (secondary N) is 1. The highest BCUT2D eigenvalue weighted by atomic mass is 19.3. The number of benzene rings is 1. The zero-order valence-electron chi connectivity index (χ0n) is 10.00. The predicted molar refractivity (Wildman–Crippen MR) is 64.6 cm³/mol. The Kier molecular flexibility index (Phi) is 2.94. The van der Waals surface area contributed by atoms with Crippen molar-refractivity contribution in [3.05, 3.63) is 30.0 Å². The summed E-state index contributed by atoms with van der Waals surface area (Å²) in [7, 11) is 1.36. The molecule has 2 aromatic rings. The average molecular weight is 253 g/mol. The highest BCUT2D eigenvalue weighted by Gasteiger charge is 2.29. The van der Waals surface area contributed by atoms with Gasteiger partial charge in [-0.2, -0.15) is 5.10 Å². The molecule has 0 saturated carbocycles. The first-order valence-electron chi connectivity index (χ1n) is 5.29. The molecule has 0 bridgehead atoms. The van der Waals surface area contributed by atoms with E-state index in [1.165, 1.54) is 25.4 Å². The molecule has 0 aliphatic heterocycles. The molecule has 96 valence electrons. The van der Waals surface area contributed by atoms with E-state index in [1.54, 1.807) is 6.07 Å². The van der Waals surface area contributed by atoms with Crippen molar-refractivity contribution in [1.82, 2.24) is 10.2 Å². The van der Waals surface area contributed by atoms with Crippen LogP contribution in [-0.2, 0) is 5.92 Å². The minimum absolute atomic E-state index is 0.147. The van der Waals surface area contributed by atoms with E-state index in [-0.39, 0.29) is 11.3 Å². The van der Waals surface area contributed by atoms with Crippen molar-refractivity contribution in [2.45, 2.75) is 12.8 Å². The van der Waals surface area contributed by atoms with E-state index in [2.05, 4.69) is 10.2 Å². The second-order valence-electron chi connectivity index (χ2n) is 4.00. The van der Waals surface area contributed by atoms with Crippen molar-refractivity contribution >= 4 is 5.82 Å². The van der Waals surface area contributed by atoms with Crippen molar-refractivity contribution in [3.8, 4) is 16.9 Å². The lowest BCUT2D eigenvalue weighted by Crippen LogP contribution is -2.09. The number of methoxy groups -OCH3 is 1. The maximum atomic E-state index is 13.5. The molecule has 0 atom stereocenters. The zero-order valence-corrected chi connectivity index (χ0v) is 10.00. The van der Waals surface area contributed by atoms with Crippen LogP contribution in [0.1, 0.15) is 12.5 Å². The van der Waals surface area contributed by atoms with Crippen LogP contribution < -0.4 is 10.5 Å². The Morgan fingerprint density at radius 1 is 1.39 bits per heavy atom. The first kappa shape index (κ1) is 12.3. The number of H-pyrrole nitrogens is 1. The van der Waals surface area contributed by atoms with Crippen LogP contribution >= 0.6 is 0 Å². The number of nitrogens with zero attached hydrogens (tertiary/aromatic N) is 1. The molecule has 0 unspecified atom stereocenters. The fourth-order valence-electron chi connectivity index (χ4n) is 1.74. The van der Waals surface area contributed by atoms with Gasteiger partial charge in [0.1, 0.15) is 11.6 Å². The predicted octanol–water partition coefficient (Wildman–Crippen LogP) is 2.78. The van der Waals surface area contributed by atoms with Crippen LogP contribution in [0.4, 0.5) is 14.6 Å². The minimum Gasteiger partial charge on any atom is -0.496 e. The van der Waals surface area contributed by atoms with Gasteiger partial charge < -0.3 is 10.5 Å². The summed E-state index contributed by atoms with van der Waals surface area (Å²) in [6.45, 7) is 0.827. The van der Waals surface area contributed by atoms with Crippen LogP contribution in [0.2, 0.25) is 0 Å². The second kappa shape index (κ2) is 4.29. The molecule has 1 heterocycles. The van der Waals surface area contributed by atoms with Crippen LogP contribution in [0.5, 0.6) is 5.75 Å². The topological polar surface area (TPSA) is 63.9 Å². The van der Waals surface area contributed by atoms with Gasteiger partial charge in [-0.25, -0.2) is 8.78 Å². The monoisotopic (exact) mass is 253 g/mol. The van der Waals surface area contributed by atoms with Crippen molar-refractivity contribution in [3.63, 3.8) is 0 Å². The zero-order chi connectivity index (χ0) is 13.3. The molecule has 4 nitrogen and oxygen atoms in total. The van der Waals surface area contributed by atoms with Crippen molar-refractivity contribution in [1.29, 1.82) is 0 Å². The Balaban J connectivity index is 2.57. The number of nitrogens with two attached hydrogens (primary N) is 1. The first-order chi connectivity index (χ1) is 8.43. The molecule has 0 fully saturated rings. The summed E-state index contributed by atoms with van der Waals surface area (Å²) < 4.78 is 31.9. The molecule has 0 radical (unpaired) electrons. The molecule has 2 rings (SSSR count). The third kappa shape index (κ3) is 2.13. The number of aromatic nitrogens is 2. The van der Waals surface area contributed by atoms with Gasteiger partial charge in [-0.3, -0.25) is 5.10 Å². The first-order valence-corrected chi connectivity index (χ1v) is 5.29. The molecule has 1 aromatic carbocycles.